The topological polar surface area (TPSA) is 135 Å². The normalized spacial score (nSPS) is 10.7. The van der Waals surface area contributed by atoms with Crippen LogP contribution in [-0.4, -0.2) is 39.6 Å². The van der Waals surface area contributed by atoms with E-state index >= 15 is 0 Å². The van der Waals surface area contributed by atoms with E-state index in [1.165, 1.54) is 12.3 Å². The van der Waals surface area contributed by atoms with Crippen LogP contribution in [0.4, 0.5) is 17.1 Å². The van der Waals surface area contributed by atoms with Crippen molar-refractivity contribution in [1.82, 2.24) is 15.0 Å². The van der Waals surface area contributed by atoms with Crippen molar-refractivity contribution < 1.29 is 14.4 Å². The first kappa shape index (κ1) is 19.0. The molecule has 0 fully saturated rings. The number of aromatic amines is 3. The summed E-state index contributed by atoms with van der Waals surface area (Å²) in [4.78, 5) is 45.1. The summed E-state index contributed by atoms with van der Waals surface area (Å²) in [5.74, 6) is -0.882. The molecule has 0 aliphatic heterocycles. The van der Waals surface area contributed by atoms with Crippen molar-refractivity contribution in [2.75, 3.05) is 23.0 Å². The van der Waals surface area contributed by atoms with Crippen molar-refractivity contribution in [2.24, 2.45) is 5.92 Å². The minimum atomic E-state index is -0.389. The van der Waals surface area contributed by atoms with Crippen molar-refractivity contribution in [2.45, 2.75) is 13.8 Å². The van der Waals surface area contributed by atoms with Gasteiger partial charge in [-0.25, -0.2) is 0 Å². The van der Waals surface area contributed by atoms with Gasteiger partial charge in [0.15, 0.2) is 5.78 Å². The van der Waals surface area contributed by atoms with Crippen LogP contribution in [0.1, 0.15) is 45.3 Å². The number of hydrogen-bond acceptors (Lipinski definition) is 4. The van der Waals surface area contributed by atoms with Crippen LogP contribution in [0.5, 0.6) is 0 Å². The first-order chi connectivity index (χ1) is 13.4. The van der Waals surface area contributed by atoms with E-state index in [9.17, 15) is 14.4 Å². The average Bonchev–Trinajstić information content (AvgIpc) is 3.41. The molecule has 9 nitrogen and oxygen atoms in total. The SMILES string of the molecule is CNc1c[nH]c(C(=O)Nc2c[nH]c(C(=O)Nc3c[nH]c(C(=O)C(C)C)c3)c2)c1. The Kier molecular flexibility index (Phi) is 5.35. The second-order valence-corrected chi connectivity index (χ2v) is 6.58. The number of nitrogens with one attached hydrogen (secondary N) is 6. The lowest BCUT2D eigenvalue weighted by Crippen LogP contribution is -2.13. The maximum absolute atomic E-state index is 12.4. The fraction of sp³-hybridized carbons (Fsp3) is 0.211. The second kappa shape index (κ2) is 7.87. The highest BCUT2D eigenvalue weighted by atomic mass is 16.2. The molecule has 3 aromatic rings. The molecule has 0 radical (unpaired) electrons. The monoisotopic (exact) mass is 382 g/mol. The molecule has 9 heteroatoms. The summed E-state index contributed by atoms with van der Waals surface area (Å²) in [5, 5.41) is 8.34. The number of anilines is 3. The van der Waals surface area contributed by atoms with Crippen LogP contribution in [0.15, 0.2) is 36.8 Å². The van der Waals surface area contributed by atoms with E-state index in [0.29, 0.717) is 22.8 Å². The zero-order valence-corrected chi connectivity index (χ0v) is 15.8. The first-order valence-corrected chi connectivity index (χ1v) is 8.77. The summed E-state index contributed by atoms with van der Waals surface area (Å²) in [6.07, 6.45) is 4.77. The number of amides is 2. The third-order valence-corrected chi connectivity index (χ3v) is 4.13. The van der Waals surface area contributed by atoms with E-state index < -0.39 is 0 Å². The second-order valence-electron chi connectivity index (χ2n) is 6.58. The maximum Gasteiger partial charge on any atom is 0.272 e. The van der Waals surface area contributed by atoms with Gasteiger partial charge in [-0.15, -0.1) is 0 Å². The smallest absolute Gasteiger partial charge is 0.272 e. The number of hydrogen-bond donors (Lipinski definition) is 6. The van der Waals surface area contributed by atoms with Crippen molar-refractivity contribution in [1.29, 1.82) is 0 Å². The molecule has 0 aliphatic rings. The lowest BCUT2D eigenvalue weighted by molar-refractivity contribution is 0.0933. The summed E-state index contributed by atoms with van der Waals surface area (Å²) >= 11 is 0. The number of aromatic nitrogens is 3. The van der Waals surface area contributed by atoms with Gasteiger partial charge in [0.2, 0.25) is 0 Å². The highest BCUT2D eigenvalue weighted by Crippen LogP contribution is 2.17. The number of H-pyrrole nitrogens is 3. The standard InChI is InChI=1S/C19H22N6O3/c1-10(2)17(26)14-5-12(8-21-14)24-19(28)16-6-13(9-23-16)25-18(27)15-4-11(20-3)7-22-15/h4-10,20-23H,1-3H3,(H,24,28)(H,25,27). The van der Waals surface area contributed by atoms with Gasteiger partial charge in [-0.1, -0.05) is 13.8 Å². The largest absolute Gasteiger partial charge is 0.387 e. The van der Waals surface area contributed by atoms with Crippen LogP contribution in [0.3, 0.4) is 0 Å². The molecule has 2 amide bonds. The summed E-state index contributed by atoms with van der Waals surface area (Å²) in [6, 6.07) is 4.80. The zero-order valence-electron chi connectivity index (χ0n) is 15.8. The molecular weight excluding hydrogens is 360 g/mol. The van der Waals surface area contributed by atoms with Crippen LogP contribution in [-0.2, 0) is 0 Å². The number of Topliss-reactive ketones (excluding diaryl/α,β-unsaturated/α-hetero) is 1. The molecule has 3 heterocycles. The van der Waals surface area contributed by atoms with Crippen molar-refractivity contribution in [3.05, 3.63) is 53.9 Å². The van der Waals surface area contributed by atoms with Crippen LogP contribution >= 0.6 is 0 Å². The quantitative estimate of drug-likeness (QED) is 0.350. The maximum atomic E-state index is 12.4. The summed E-state index contributed by atoms with van der Waals surface area (Å²) in [7, 11) is 1.76. The molecule has 146 valence electrons. The van der Waals surface area contributed by atoms with Gasteiger partial charge in [-0.3, -0.25) is 14.4 Å². The predicted octanol–water partition coefficient (Wildman–Crippen LogP) is 3.06. The number of rotatable bonds is 7. The van der Waals surface area contributed by atoms with Crippen LogP contribution < -0.4 is 16.0 Å². The van der Waals surface area contributed by atoms with Crippen LogP contribution in [0.25, 0.3) is 0 Å². The Morgan fingerprint density at radius 1 is 0.750 bits per heavy atom. The fourth-order valence-electron chi connectivity index (χ4n) is 2.58. The summed E-state index contributed by atoms with van der Waals surface area (Å²) in [5.41, 5.74) is 2.85. The van der Waals surface area contributed by atoms with E-state index in [1.807, 2.05) is 13.8 Å². The highest BCUT2D eigenvalue weighted by molar-refractivity contribution is 6.07. The third kappa shape index (κ3) is 4.14. The molecule has 3 aromatic heterocycles. The van der Waals surface area contributed by atoms with E-state index in [4.69, 9.17) is 0 Å². The van der Waals surface area contributed by atoms with E-state index in [1.54, 1.807) is 31.6 Å². The van der Waals surface area contributed by atoms with Gasteiger partial charge in [-0.2, -0.15) is 0 Å². The average molecular weight is 382 g/mol. The Bertz CT molecular complexity index is 1010. The van der Waals surface area contributed by atoms with Gasteiger partial charge in [0.1, 0.15) is 11.4 Å². The van der Waals surface area contributed by atoms with Crippen molar-refractivity contribution in [3.63, 3.8) is 0 Å². The molecule has 0 saturated heterocycles. The predicted molar refractivity (Wildman–Crippen MR) is 107 cm³/mol. The first-order valence-electron chi connectivity index (χ1n) is 8.77. The number of carbonyl (C=O) groups is 3. The van der Waals surface area contributed by atoms with Crippen molar-refractivity contribution >= 4 is 34.7 Å². The number of ketones is 1. The van der Waals surface area contributed by atoms with Gasteiger partial charge in [0.05, 0.1) is 22.8 Å². The van der Waals surface area contributed by atoms with Gasteiger partial charge in [0, 0.05) is 31.6 Å². The Hall–Kier alpha value is -3.75. The Balaban J connectivity index is 1.62. The van der Waals surface area contributed by atoms with Gasteiger partial charge >= 0.3 is 0 Å². The Morgan fingerprint density at radius 3 is 1.64 bits per heavy atom. The van der Waals surface area contributed by atoms with E-state index in [2.05, 4.69) is 30.9 Å². The molecular formula is C19H22N6O3. The summed E-state index contributed by atoms with van der Waals surface area (Å²) in [6.45, 7) is 3.62. The molecule has 0 spiro atoms. The number of carbonyl (C=O) groups excluding carboxylic acids is 3. The van der Waals surface area contributed by atoms with Crippen molar-refractivity contribution in [3.8, 4) is 0 Å². The third-order valence-electron chi connectivity index (χ3n) is 4.13. The molecule has 0 aromatic carbocycles. The molecule has 28 heavy (non-hydrogen) atoms. The van der Waals surface area contributed by atoms with Gasteiger partial charge in [-0.05, 0) is 18.2 Å². The molecule has 0 unspecified atom stereocenters. The van der Waals surface area contributed by atoms with Crippen LogP contribution in [0.2, 0.25) is 0 Å². The van der Waals surface area contributed by atoms with E-state index in [0.717, 1.165) is 5.69 Å². The zero-order chi connectivity index (χ0) is 20.3. The molecule has 0 aliphatic carbocycles. The molecule has 3 rings (SSSR count). The van der Waals surface area contributed by atoms with Crippen LogP contribution in [0, 0.1) is 5.92 Å². The Labute approximate surface area is 161 Å². The molecule has 0 atom stereocenters. The lowest BCUT2D eigenvalue weighted by atomic mass is 10.1. The fourth-order valence-corrected chi connectivity index (χ4v) is 2.58. The molecule has 0 bridgehead atoms. The van der Waals surface area contributed by atoms with E-state index in [-0.39, 0.29) is 29.2 Å². The lowest BCUT2D eigenvalue weighted by Gasteiger charge is -2.01. The van der Waals surface area contributed by atoms with Gasteiger partial charge in [0.25, 0.3) is 11.8 Å². The Morgan fingerprint density at radius 2 is 1.18 bits per heavy atom. The molecule has 0 saturated carbocycles. The summed E-state index contributed by atoms with van der Waals surface area (Å²) < 4.78 is 0. The van der Waals surface area contributed by atoms with Gasteiger partial charge < -0.3 is 30.9 Å². The minimum absolute atomic E-state index is 0.0314. The minimum Gasteiger partial charge on any atom is -0.387 e. The highest BCUT2D eigenvalue weighted by Gasteiger charge is 2.16. The molecule has 6 N–H and O–H groups in total.